The molecule has 30 heavy (non-hydrogen) atoms. The van der Waals surface area contributed by atoms with Crippen LogP contribution in [0.2, 0.25) is 0 Å². The summed E-state index contributed by atoms with van der Waals surface area (Å²) >= 11 is 0. The first-order valence-corrected chi connectivity index (χ1v) is 9.94. The smallest absolute Gasteiger partial charge is 0.270 e. The third-order valence-electron chi connectivity index (χ3n) is 5.88. The molecule has 0 unspecified atom stereocenters. The van der Waals surface area contributed by atoms with Gasteiger partial charge in [0, 0.05) is 25.2 Å². The highest BCUT2D eigenvalue weighted by molar-refractivity contribution is 6.21. The van der Waals surface area contributed by atoms with Crippen LogP contribution in [0.5, 0.6) is 0 Å². The van der Waals surface area contributed by atoms with Gasteiger partial charge in [0.15, 0.2) is 0 Å². The van der Waals surface area contributed by atoms with E-state index in [1.165, 1.54) is 28.7 Å². The Bertz CT molecular complexity index is 943. The van der Waals surface area contributed by atoms with Crippen LogP contribution in [0, 0.1) is 16.0 Å². The quantitative estimate of drug-likeness (QED) is 0.395. The van der Waals surface area contributed by atoms with E-state index in [4.69, 9.17) is 0 Å². The van der Waals surface area contributed by atoms with Gasteiger partial charge >= 0.3 is 0 Å². The number of non-ortho nitro benzene ring substituents is 1. The molecule has 7 nitrogen and oxygen atoms in total. The molecule has 2 heterocycles. The summed E-state index contributed by atoms with van der Waals surface area (Å²) in [6.45, 7) is 3.33. The maximum Gasteiger partial charge on any atom is 0.270 e. The zero-order valence-corrected chi connectivity index (χ0v) is 17.3. The summed E-state index contributed by atoms with van der Waals surface area (Å²) in [7, 11) is 0. The van der Waals surface area contributed by atoms with Crippen LogP contribution in [0.3, 0.4) is 0 Å². The summed E-state index contributed by atoms with van der Waals surface area (Å²) in [5.41, 5.74) is 1.55. The Morgan fingerprint density at radius 2 is 1.63 bits per heavy atom. The van der Waals surface area contributed by atoms with Gasteiger partial charge in [-0.2, -0.15) is 0 Å². The summed E-state index contributed by atoms with van der Waals surface area (Å²) in [6.07, 6.45) is 2.86. The number of nitro benzene ring substituents is 1. The van der Waals surface area contributed by atoms with Crippen molar-refractivity contribution in [2.45, 2.75) is 25.8 Å². The van der Waals surface area contributed by atoms with Crippen molar-refractivity contribution in [3.8, 4) is 0 Å². The summed E-state index contributed by atoms with van der Waals surface area (Å²) in [4.78, 5) is 39.2. The Kier molecular flexibility index (Phi) is 6.84. The number of halogens is 1. The van der Waals surface area contributed by atoms with E-state index in [0.717, 1.165) is 38.9 Å². The number of nitro groups is 1. The Hall–Kier alpha value is -2.77. The molecule has 2 aliphatic heterocycles. The first-order chi connectivity index (χ1) is 14.0. The lowest BCUT2D eigenvalue weighted by Gasteiger charge is -2.32. The molecule has 158 valence electrons. The second kappa shape index (κ2) is 9.36. The van der Waals surface area contributed by atoms with E-state index in [2.05, 4.69) is 29.2 Å². The zero-order chi connectivity index (χ0) is 20.4. The van der Waals surface area contributed by atoms with Crippen molar-refractivity contribution in [2.24, 2.45) is 5.92 Å². The molecule has 0 spiro atoms. The molecule has 0 saturated carbocycles. The maximum absolute atomic E-state index is 12.6. The highest BCUT2D eigenvalue weighted by Gasteiger charge is 2.37. The Morgan fingerprint density at radius 1 is 0.967 bits per heavy atom. The molecule has 0 bridgehead atoms. The van der Waals surface area contributed by atoms with Crippen LogP contribution in [0.4, 0.5) is 5.69 Å². The average Bonchev–Trinajstić information content (AvgIpc) is 2.98. The fourth-order valence-electron chi connectivity index (χ4n) is 4.18. The normalized spacial score (nSPS) is 17.0. The number of nitrogens with zero attached hydrogens (tertiary/aromatic N) is 3. The monoisotopic (exact) mass is 429 g/mol. The predicted octanol–water partition coefficient (Wildman–Crippen LogP) is 3.91. The minimum absolute atomic E-state index is 0. The van der Waals surface area contributed by atoms with Crippen LogP contribution in [0.25, 0.3) is 0 Å². The standard InChI is InChI=1S/C22H23N3O4.ClH/c26-21-19-7-6-18(25(28)29)14-20(19)22(27)24(21)13-10-16-8-11-23(12-9-16)15-17-4-2-1-3-5-17;/h1-7,14,16H,8-13,15H2;1H. The van der Waals surface area contributed by atoms with Gasteiger partial charge in [0.2, 0.25) is 0 Å². The predicted molar refractivity (Wildman–Crippen MR) is 115 cm³/mol. The van der Waals surface area contributed by atoms with Gasteiger partial charge in [0.1, 0.15) is 0 Å². The molecule has 0 aliphatic carbocycles. The fraction of sp³-hybridized carbons (Fsp3) is 0.364. The van der Waals surface area contributed by atoms with Crippen LogP contribution in [-0.2, 0) is 6.54 Å². The van der Waals surface area contributed by atoms with E-state index in [1.807, 2.05) is 6.07 Å². The van der Waals surface area contributed by atoms with E-state index in [1.54, 1.807) is 0 Å². The van der Waals surface area contributed by atoms with Crippen molar-refractivity contribution in [2.75, 3.05) is 19.6 Å². The van der Waals surface area contributed by atoms with E-state index < -0.39 is 10.8 Å². The number of hydrogen-bond donors (Lipinski definition) is 0. The average molecular weight is 430 g/mol. The molecule has 0 N–H and O–H groups in total. The van der Waals surface area contributed by atoms with Gasteiger partial charge < -0.3 is 0 Å². The van der Waals surface area contributed by atoms with E-state index in [-0.39, 0.29) is 35.1 Å². The first kappa shape index (κ1) is 21.9. The third-order valence-corrected chi connectivity index (χ3v) is 5.88. The highest BCUT2D eigenvalue weighted by atomic mass is 35.5. The van der Waals surface area contributed by atoms with Gasteiger partial charge in [-0.25, -0.2) is 0 Å². The van der Waals surface area contributed by atoms with Crippen molar-refractivity contribution < 1.29 is 14.5 Å². The number of likely N-dealkylation sites (tertiary alicyclic amines) is 1. The van der Waals surface area contributed by atoms with Gasteiger partial charge in [-0.15, -0.1) is 12.4 Å². The first-order valence-electron chi connectivity index (χ1n) is 9.94. The zero-order valence-electron chi connectivity index (χ0n) is 16.5. The molecular weight excluding hydrogens is 406 g/mol. The van der Waals surface area contributed by atoms with Gasteiger partial charge in [-0.1, -0.05) is 30.3 Å². The number of carbonyl (C=O) groups excluding carboxylic acids is 2. The molecule has 2 aromatic carbocycles. The van der Waals surface area contributed by atoms with E-state index in [0.29, 0.717) is 12.5 Å². The van der Waals surface area contributed by atoms with E-state index in [9.17, 15) is 19.7 Å². The lowest BCUT2D eigenvalue weighted by molar-refractivity contribution is -0.384. The second-order valence-electron chi connectivity index (χ2n) is 7.74. The lowest BCUT2D eigenvalue weighted by Crippen LogP contribution is -2.36. The summed E-state index contributed by atoms with van der Waals surface area (Å²) in [5, 5.41) is 10.9. The highest BCUT2D eigenvalue weighted by Crippen LogP contribution is 2.28. The molecule has 0 atom stereocenters. The molecular formula is C22H24ClN3O4. The van der Waals surface area contributed by atoms with Gasteiger partial charge in [0.05, 0.1) is 16.1 Å². The largest absolute Gasteiger partial charge is 0.299 e. The number of carbonyl (C=O) groups is 2. The van der Waals surface area contributed by atoms with Crippen molar-refractivity contribution in [1.29, 1.82) is 0 Å². The number of benzene rings is 2. The maximum atomic E-state index is 12.6. The Labute approximate surface area is 181 Å². The second-order valence-corrected chi connectivity index (χ2v) is 7.74. The summed E-state index contributed by atoms with van der Waals surface area (Å²) in [6, 6.07) is 14.3. The number of hydrogen-bond acceptors (Lipinski definition) is 5. The van der Waals surface area contributed by atoms with Crippen LogP contribution >= 0.6 is 12.4 Å². The van der Waals surface area contributed by atoms with Crippen molar-refractivity contribution in [3.63, 3.8) is 0 Å². The Morgan fingerprint density at radius 3 is 2.30 bits per heavy atom. The van der Waals surface area contributed by atoms with Gasteiger partial charge in [0.25, 0.3) is 17.5 Å². The molecule has 8 heteroatoms. The van der Waals surface area contributed by atoms with Crippen molar-refractivity contribution >= 4 is 29.9 Å². The Balaban J connectivity index is 0.00000256. The molecule has 2 amide bonds. The summed E-state index contributed by atoms with van der Waals surface area (Å²) < 4.78 is 0. The fourth-order valence-corrected chi connectivity index (χ4v) is 4.18. The van der Waals surface area contributed by atoms with E-state index >= 15 is 0 Å². The number of fused-ring (bicyclic) bond motifs is 1. The number of rotatable bonds is 6. The number of imide groups is 1. The number of piperidine rings is 1. The van der Waals surface area contributed by atoms with Crippen LogP contribution in [-0.4, -0.2) is 46.2 Å². The van der Waals surface area contributed by atoms with Gasteiger partial charge in [-0.05, 0) is 49.9 Å². The van der Waals surface area contributed by atoms with Gasteiger partial charge in [-0.3, -0.25) is 29.5 Å². The third kappa shape index (κ3) is 4.52. The molecule has 1 fully saturated rings. The van der Waals surface area contributed by atoms with Crippen LogP contribution in [0.1, 0.15) is 45.5 Å². The topological polar surface area (TPSA) is 83.8 Å². The lowest BCUT2D eigenvalue weighted by atomic mass is 9.93. The minimum Gasteiger partial charge on any atom is -0.299 e. The molecule has 0 radical (unpaired) electrons. The molecule has 4 rings (SSSR count). The van der Waals surface area contributed by atoms with Crippen molar-refractivity contribution in [3.05, 3.63) is 75.3 Å². The van der Waals surface area contributed by atoms with Crippen molar-refractivity contribution in [1.82, 2.24) is 9.80 Å². The molecule has 0 aromatic heterocycles. The number of amides is 2. The molecule has 2 aromatic rings. The molecule has 1 saturated heterocycles. The SMILES string of the molecule is Cl.O=C1c2ccc([N+](=O)[O-])cc2C(=O)N1CCC1CCN(Cc2ccccc2)CC1. The summed E-state index contributed by atoms with van der Waals surface area (Å²) in [5.74, 6) is -0.294. The molecule has 2 aliphatic rings. The van der Waals surface area contributed by atoms with Crippen LogP contribution < -0.4 is 0 Å². The van der Waals surface area contributed by atoms with Crippen LogP contribution in [0.15, 0.2) is 48.5 Å². The minimum atomic E-state index is -0.552.